The molecule has 0 bridgehead atoms. The van der Waals surface area contributed by atoms with Crippen LogP contribution in [0.3, 0.4) is 0 Å². The van der Waals surface area contributed by atoms with Crippen molar-refractivity contribution in [2.45, 2.75) is 0 Å². The first-order valence-electron chi connectivity index (χ1n) is 4.38. The van der Waals surface area contributed by atoms with Crippen LogP contribution in [0.15, 0.2) is 12.7 Å². The lowest BCUT2D eigenvalue weighted by Gasteiger charge is -2.28. The maximum Gasteiger partial charge on any atom is 0.432 e. The third-order valence-electron chi connectivity index (χ3n) is 1.73. The first kappa shape index (κ1) is 14.3. The molecule has 0 saturated carbocycles. The summed E-state index contributed by atoms with van der Waals surface area (Å²) >= 11 is 0. The minimum Gasteiger partial charge on any atom is -0.329 e. The van der Waals surface area contributed by atoms with Crippen molar-refractivity contribution in [1.82, 2.24) is 4.67 Å². The van der Waals surface area contributed by atoms with Crippen molar-refractivity contribution in [3.8, 4) is 0 Å². The van der Waals surface area contributed by atoms with E-state index < -0.39 is 13.7 Å². The van der Waals surface area contributed by atoms with Gasteiger partial charge in [-0.25, -0.2) is 9.24 Å². The van der Waals surface area contributed by atoms with Gasteiger partial charge in [0.25, 0.3) is 5.91 Å². The molecule has 2 N–H and O–H groups in total. The van der Waals surface area contributed by atoms with E-state index in [9.17, 15) is 9.36 Å². The predicted octanol–water partition coefficient (Wildman–Crippen LogP) is -0.200. The number of amides is 1. The molecular formula is C8H18N2O4P+. The van der Waals surface area contributed by atoms with Gasteiger partial charge in [-0.05, 0) is 6.08 Å². The molecule has 0 spiro atoms. The molecule has 6 nitrogen and oxygen atoms in total. The van der Waals surface area contributed by atoms with Gasteiger partial charge >= 0.3 is 7.75 Å². The van der Waals surface area contributed by atoms with Gasteiger partial charge in [0.1, 0.15) is 0 Å². The molecule has 0 aliphatic heterocycles. The lowest BCUT2D eigenvalue weighted by atomic mass is 10.5. The van der Waals surface area contributed by atoms with Crippen LogP contribution in [-0.2, 0) is 9.36 Å². The summed E-state index contributed by atoms with van der Waals surface area (Å²) in [5.41, 5.74) is 0. The second kappa shape index (κ2) is 4.90. The SMILES string of the molecule is C=CC(=O)N(CC[N+](C)(C)C)P(=O)(O)O. The quantitative estimate of drug-likeness (QED) is 0.394. The average molecular weight is 237 g/mol. The van der Waals surface area contributed by atoms with Gasteiger partial charge < -0.3 is 14.3 Å². The zero-order chi connectivity index (χ0) is 12.3. The van der Waals surface area contributed by atoms with Crippen molar-refractivity contribution in [1.29, 1.82) is 0 Å². The molecule has 88 valence electrons. The molecule has 0 aromatic heterocycles. The van der Waals surface area contributed by atoms with Crippen LogP contribution in [0.5, 0.6) is 0 Å². The number of rotatable bonds is 5. The molecule has 0 atom stereocenters. The molecule has 7 heteroatoms. The van der Waals surface area contributed by atoms with Gasteiger partial charge in [0.15, 0.2) is 0 Å². The first-order chi connectivity index (χ1) is 6.58. The monoisotopic (exact) mass is 237 g/mol. The second-order valence-corrected chi connectivity index (χ2v) is 5.70. The highest BCUT2D eigenvalue weighted by molar-refractivity contribution is 7.50. The number of quaternary nitrogens is 1. The summed E-state index contributed by atoms with van der Waals surface area (Å²) in [4.78, 5) is 29.1. The number of likely N-dealkylation sites (N-methyl/N-ethyl adjacent to an activating group) is 1. The van der Waals surface area contributed by atoms with E-state index in [1.807, 2.05) is 21.1 Å². The number of nitrogens with zero attached hydrogens (tertiary/aromatic N) is 2. The number of hydrogen-bond acceptors (Lipinski definition) is 2. The Hall–Kier alpha value is -0.680. The number of hydrogen-bond donors (Lipinski definition) is 2. The number of carbonyl (C=O) groups is 1. The van der Waals surface area contributed by atoms with E-state index in [4.69, 9.17) is 9.79 Å². The van der Waals surface area contributed by atoms with Crippen LogP contribution in [0.2, 0.25) is 0 Å². The Bertz CT molecular complexity index is 292. The molecular weight excluding hydrogens is 219 g/mol. The molecule has 0 aromatic rings. The van der Waals surface area contributed by atoms with E-state index in [1.165, 1.54) is 0 Å². The van der Waals surface area contributed by atoms with Crippen molar-refractivity contribution in [2.75, 3.05) is 34.2 Å². The highest BCUT2D eigenvalue weighted by Crippen LogP contribution is 2.39. The van der Waals surface area contributed by atoms with Gasteiger partial charge in [0.2, 0.25) is 0 Å². The second-order valence-electron chi connectivity index (χ2n) is 4.19. The molecule has 0 saturated heterocycles. The van der Waals surface area contributed by atoms with E-state index in [0.717, 1.165) is 6.08 Å². The fraction of sp³-hybridized carbons (Fsp3) is 0.625. The van der Waals surface area contributed by atoms with E-state index >= 15 is 0 Å². The third-order valence-corrected chi connectivity index (χ3v) is 2.75. The summed E-state index contributed by atoms with van der Waals surface area (Å²) in [5, 5.41) is 0. The summed E-state index contributed by atoms with van der Waals surface area (Å²) in [6.45, 7) is 3.65. The van der Waals surface area contributed by atoms with Crippen molar-refractivity contribution >= 4 is 13.7 Å². The van der Waals surface area contributed by atoms with Crippen LogP contribution >= 0.6 is 7.75 Å². The molecule has 0 rings (SSSR count). The molecule has 0 aliphatic carbocycles. The van der Waals surface area contributed by atoms with Gasteiger partial charge in [-0.15, -0.1) is 0 Å². The normalized spacial score (nSPS) is 12.3. The molecule has 15 heavy (non-hydrogen) atoms. The third kappa shape index (κ3) is 5.69. The summed E-state index contributed by atoms with van der Waals surface area (Å²) in [7, 11) is 1.08. The highest BCUT2D eigenvalue weighted by Gasteiger charge is 2.30. The Morgan fingerprint density at radius 1 is 1.47 bits per heavy atom. The van der Waals surface area contributed by atoms with E-state index in [2.05, 4.69) is 6.58 Å². The zero-order valence-electron chi connectivity index (χ0n) is 9.25. The maximum atomic E-state index is 11.2. The fourth-order valence-electron chi connectivity index (χ4n) is 0.869. The summed E-state index contributed by atoms with van der Waals surface area (Å²) in [5.74, 6) is -0.753. The van der Waals surface area contributed by atoms with Gasteiger partial charge in [0.05, 0.1) is 34.2 Å². The lowest BCUT2D eigenvalue weighted by molar-refractivity contribution is -0.869. The molecule has 0 aromatic carbocycles. The molecule has 1 amide bonds. The Labute approximate surface area is 89.6 Å². The Morgan fingerprint density at radius 3 is 2.20 bits per heavy atom. The molecule has 0 heterocycles. The van der Waals surface area contributed by atoms with Gasteiger partial charge in [-0.3, -0.25) is 4.79 Å². The van der Waals surface area contributed by atoms with Crippen LogP contribution < -0.4 is 0 Å². The minimum absolute atomic E-state index is 0.00136. The Kier molecular flexibility index (Phi) is 4.67. The molecule has 0 fully saturated rings. The summed E-state index contributed by atoms with van der Waals surface area (Å²) in [6.07, 6.45) is 0.898. The average Bonchev–Trinajstić information content (AvgIpc) is 1.99. The van der Waals surface area contributed by atoms with Crippen LogP contribution in [0.4, 0.5) is 0 Å². The maximum absolute atomic E-state index is 11.2. The van der Waals surface area contributed by atoms with E-state index in [-0.39, 0.29) is 6.54 Å². The highest BCUT2D eigenvalue weighted by atomic mass is 31.2. The van der Waals surface area contributed by atoms with E-state index in [0.29, 0.717) is 15.7 Å². The molecule has 0 aliphatic rings. The Balaban J connectivity index is 4.62. The van der Waals surface area contributed by atoms with Crippen molar-refractivity contribution in [3.05, 3.63) is 12.7 Å². The lowest BCUT2D eigenvalue weighted by Crippen LogP contribution is -2.42. The van der Waals surface area contributed by atoms with Crippen molar-refractivity contribution in [3.63, 3.8) is 0 Å². The topological polar surface area (TPSA) is 77.8 Å². The minimum atomic E-state index is -4.53. The van der Waals surface area contributed by atoms with E-state index in [1.54, 1.807) is 0 Å². The van der Waals surface area contributed by atoms with Crippen molar-refractivity contribution < 1.29 is 23.6 Å². The fourth-order valence-corrected chi connectivity index (χ4v) is 1.56. The van der Waals surface area contributed by atoms with Crippen LogP contribution in [0.1, 0.15) is 0 Å². The summed E-state index contributed by atoms with van der Waals surface area (Å²) in [6, 6.07) is 0. The first-order valence-corrected chi connectivity index (χ1v) is 5.95. The van der Waals surface area contributed by atoms with Crippen LogP contribution in [-0.4, -0.2) is 59.1 Å². The van der Waals surface area contributed by atoms with Crippen LogP contribution in [0, 0.1) is 0 Å². The van der Waals surface area contributed by atoms with Gasteiger partial charge in [-0.1, -0.05) is 6.58 Å². The molecule has 0 unspecified atom stereocenters. The van der Waals surface area contributed by atoms with Gasteiger partial charge in [0, 0.05) is 0 Å². The Morgan fingerprint density at radius 2 is 1.93 bits per heavy atom. The summed E-state index contributed by atoms with van der Waals surface area (Å²) < 4.78 is 12.0. The van der Waals surface area contributed by atoms with Crippen LogP contribution in [0.25, 0.3) is 0 Å². The predicted molar refractivity (Wildman–Crippen MR) is 56.9 cm³/mol. The zero-order valence-corrected chi connectivity index (χ0v) is 10.1. The smallest absolute Gasteiger partial charge is 0.329 e. The number of carbonyl (C=O) groups excluding carboxylic acids is 1. The largest absolute Gasteiger partial charge is 0.432 e. The van der Waals surface area contributed by atoms with Gasteiger partial charge in [-0.2, -0.15) is 0 Å². The standard InChI is InChI=1S/C8H17N2O4P/c1-5-8(11)9(15(12,13)14)6-7-10(2,3)4/h5H,1,6-7H2,2-4H3,(H-,12,13,14)/p+1. The van der Waals surface area contributed by atoms with Crippen molar-refractivity contribution in [2.24, 2.45) is 0 Å². The molecule has 0 radical (unpaired) electrons.